The van der Waals surface area contributed by atoms with E-state index in [1.54, 1.807) is 15.7 Å². The van der Waals surface area contributed by atoms with Gasteiger partial charge in [-0.3, -0.25) is 0 Å². The van der Waals surface area contributed by atoms with E-state index >= 15 is 0 Å². The minimum Gasteiger partial charge on any atom is -0.314 e. The van der Waals surface area contributed by atoms with Crippen LogP contribution in [0.2, 0.25) is 13.1 Å². The lowest BCUT2D eigenvalue weighted by atomic mass is 9.86. The van der Waals surface area contributed by atoms with Crippen molar-refractivity contribution in [2.24, 2.45) is 5.92 Å². The number of hydrogen-bond acceptors (Lipinski definition) is 2. The molecule has 1 saturated heterocycles. The van der Waals surface area contributed by atoms with Gasteiger partial charge in [0.2, 0.25) is 5.75 Å². The highest BCUT2D eigenvalue weighted by Gasteiger charge is 2.44. The van der Waals surface area contributed by atoms with Gasteiger partial charge >= 0.3 is 0 Å². The largest absolute Gasteiger partial charge is 0.314 e. The van der Waals surface area contributed by atoms with Gasteiger partial charge in [-0.05, 0) is 52.3 Å². The standard InChI is InChI=1S/C36H45N2OSSi/c1-23-19-25-20-24(2)40-34(25)35(23)41(9,10)32-22-26(36(3,4)5)21-31(33(32)39-38(6,7)8)37-29-17-13-11-15-27(29)28-16-12-14-18-30(28)37/h11-19,21-24H,20H2,1-10H3/q+1/t23-,24?/m1/s1. The van der Waals surface area contributed by atoms with Crippen LogP contribution in [0.25, 0.3) is 27.5 Å². The fourth-order valence-electron chi connectivity index (χ4n) is 6.92. The van der Waals surface area contributed by atoms with Gasteiger partial charge in [0.15, 0.2) is 0 Å². The van der Waals surface area contributed by atoms with Crippen LogP contribution in [0.1, 0.15) is 46.6 Å². The summed E-state index contributed by atoms with van der Waals surface area (Å²) in [7, 11) is 4.17. The van der Waals surface area contributed by atoms with Crippen LogP contribution in [0.3, 0.4) is 0 Å². The molecule has 1 fully saturated rings. The first-order valence-corrected chi connectivity index (χ1v) is 18.9. The summed E-state index contributed by atoms with van der Waals surface area (Å²) in [5.74, 6) is 1.49. The van der Waals surface area contributed by atoms with Gasteiger partial charge in [0.05, 0.1) is 16.7 Å². The zero-order valence-electron chi connectivity index (χ0n) is 26.4. The van der Waals surface area contributed by atoms with E-state index in [9.17, 15) is 0 Å². The molecule has 2 aliphatic rings. The second kappa shape index (κ2) is 9.65. The van der Waals surface area contributed by atoms with Crippen LogP contribution in [-0.2, 0) is 5.41 Å². The number of hydrogen-bond donors (Lipinski definition) is 0. The third-order valence-electron chi connectivity index (χ3n) is 8.74. The minimum atomic E-state index is -2.20. The number of rotatable bonds is 5. The van der Waals surface area contributed by atoms with Crippen molar-refractivity contribution < 1.29 is 9.48 Å². The highest BCUT2D eigenvalue weighted by molar-refractivity contribution is 8.04. The maximum absolute atomic E-state index is 7.07. The first-order valence-electron chi connectivity index (χ1n) is 15.0. The molecular weight excluding hydrogens is 537 g/mol. The Hall–Kier alpha value is -2.73. The number of fused-ring (bicyclic) bond motifs is 4. The van der Waals surface area contributed by atoms with Crippen molar-refractivity contribution in [2.45, 2.75) is 64.8 Å². The Kier molecular flexibility index (Phi) is 6.68. The molecule has 0 N–H and O–H groups in total. The van der Waals surface area contributed by atoms with E-state index in [1.165, 1.54) is 39.0 Å². The van der Waals surface area contributed by atoms with Gasteiger partial charge in [0, 0.05) is 20.9 Å². The van der Waals surface area contributed by atoms with E-state index in [-0.39, 0.29) is 5.41 Å². The third-order valence-corrected chi connectivity index (χ3v) is 14.0. The topological polar surface area (TPSA) is 14.2 Å². The first-order chi connectivity index (χ1) is 19.2. The van der Waals surface area contributed by atoms with Crippen molar-refractivity contribution in [3.63, 3.8) is 0 Å². The third kappa shape index (κ3) is 4.80. The van der Waals surface area contributed by atoms with E-state index in [0.29, 0.717) is 15.8 Å². The van der Waals surface area contributed by atoms with Crippen LogP contribution < -0.4 is 10.0 Å². The quantitative estimate of drug-likeness (QED) is 0.133. The number of hydroxylamine groups is 3. The molecule has 4 aromatic rings. The molecule has 0 saturated carbocycles. The Morgan fingerprint density at radius 3 is 2.05 bits per heavy atom. The predicted molar refractivity (Wildman–Crippen MR) is 181 cm³/mol. The summed E-state index contributed by atoms with van der Waals surface area (Å²) in [4.78, 5) is 8.65. The lowest BCUT2D eigenvalue weighted by Gasteiger charge is -2.35. The summed E-state index contributed by atoms with van der Waals surface area (Å²) in [6.45, 7) is 16.9. The Morgan fingerprint density at radius 2 is 1.49 bits per heavy atom. The Labute approximate surface area is 251 Å². The van der Waals surface area contributed by atoms with Crippen LogP contribution in [0.5, 0.6) is 5.75 Å². The second-order valence-corrected chi connectivity index (χ2v) is 20.2. The molecule has 1 aromatic heterocycles. The van der Waals surface area contributed by atoms with Crippen molar-refractivity contribution >= 4 is 46.8 Å². The van der Waals surface area contributed by atoms with Gasteiger partial charge in [0.1, 0.15) is 29.2 Å². The normalized spacial score (nSPS) is 19.8. The van der Waals surface area contributed by atoms with Crippen molar-refractivity contribution in [2.75, 3.05) is 21.1 Å². The molecule has 6 rings (SSSR count). The summed E-state index contributed by atoms with van der Waals surface area (Å²) in [6, 6.07) is 22.5. The van der Waals surface area contributed by atoms with Crippen LogP contribution in [0.15, 0.2) is 82.4 Å². The van der Waals surface area contributed by atoms with Gasteiger partial charge in [-0.15, -0.1) is 16.4 Å². The van der Waals surface area contributed by atoms with Crippen molar-refractivity contribution in [3.8, 4) is 11.4 Å². The molecule has 0 bridgehead atoms. The van der Waals surface area contributed by atoms with Crippen molar-refractivity contribution in [1.29, 1.82) is 0 Å². The van der Waals surface area contributed by atoms with E-state index in [2.05, 4.69) is 152 Å². The number of benzene rings is 3. The molecule has 1 aliphatic heterocycles. The highest BCUT2D eigenvalue weighted by atomic mass is 32.2. The van der Waals surface area contributed by atoms with E-state index in [1.807, 2.05) is 0 Å². The average molecular weight is 582 g/mol. The van der Waals surface area contributed by atoms with Crippen LogP contribution in [-0.4, -0.2) is 43.7 Å². The lowest BCUT2D eigenvalue weighted by Crippen LogP contribution is -2.49. The number of para-hydroxylation sites is 2. The Bertz CT molecular complexity index is 1690. The Morgan fingerprint density at radius 1 is 0.902 bits per heavy atom. The van der Waals surface area contributed by atoms with Gasteiger partial charge in [-0.2, -0.15) is 0 Å². The first kappa shape index (κ1) is 28.4. The maximum atomic E-state index is 7.07. The molecule has 5 heteroatoms. The zero-order valence-corrected chi connectivity index (χ0v) is 28.2. The lowest BCUT2D eigenvalue weighted by molar-refractivity contribution is -1.03. The maximum Gasteiger partial charge on any atom is 0.213 e. The van der Waals surface area contributed by atoms with Crippen molar-refractivity contribution in [1.82, 2.24) is 4.57 Å². The van der Waals surface area contributed by atoms with Crippen LogP contribution >= 0.6 is 11.8 Å². The number of quaternary nitrogens is 1. The highest BCUT2D eigenvalue weighted by Crippen LogP contribution is 2.52. The van der Waals surface area contributed by atoms with Gasteiger partial charge < -0.3 is 9.40 Å². The SMILES string of the molecule is CC1CC2=C[C@@H](C)C([Si](C)(C)c3cc(C(C)(C)C)cc(-n4c5ccccc5c5ccccc54)c3O[N+](C)(C)C)=C2S1. The molecule has 3 nitrogen and oxygen atoms in total. The molecule has 3 aromatic carbocycles. The van der Waals surface area contributed by atoms with E-state index in [4.69, 9.17) is 4.84 Å². The van der Waals surface area contributed by atoms with Gasteiger partial charge in [-0.1, -0.05) is 101 Å². The summed E-state index contributed by atoms with van der Waals surface area (Å²) in [5.41, 5.74) is 6.51. The van der Waals surface area contributed by atoms with Gasteiger partial charge in [-0.25, -0.2) is 0 Å². The van der Waals surface area contributed by atoms with E-state index < -0.39 is 8.07 Å². The molecular formula is C36H45N2OSSi+. The molecule has 1 unspecified atom stereocenters. The smallest absolute Gasteiger partial charge is 0.213 e. The summed E-state index contributed by atoms with van der Waals surface area (Å²) >= 11 is 2.10. The predicted octanol–water partition coefficient (Wildman–Crippen LogP) is 8.89. The number of aromatic nitrogens is 1. The molecule has 41 heavy (non-hydrogen) atoms. The Balaban J connectivity index is 1.73. The van der Waals surface area contributed by atoms with Crippen molar-refractivity contribution in [3.05, 3.63) is 88.0 Å². The molecule has 2 heterocycles. The number of allylic oxidation sites excluding steroid dienone is 3. The molecule has 1 aliphatic carbocycles. The second-order valence-electron chi connectivity index (χ2n) is 14.5. The summed E-state index contributed by atoms with van der Waals surface area (Å²) < 4.78 is 2.86. The minimum absolute atomic E-state index is 0.0129. The van der Waals surface area contributed by atoms with Crippen LogP contribution in [0.4, 0.5) is 0 Å². The van der Waals surface area contributed by atoms with Crippen LogP contribution in [0, 0.1) is 5.92 Å². The van der Waals surface area contributed by atoms with Gasteiger partial charge in [0.25, 0.3) is 0 Å². The number of nitrogens with zero attached hydrogens (tertiary/aromatic N) is 2. The summed E-state index contributed by atoms with van der Waals surface area (Å²) in [5, 5.41) is 6.28. The fraction of sp³-hybridized carbons (Fsp3) is 0.389. The monoisotopic (exact) mass is 581 g/mol. The average Bonchev–Trinajstić information content (AvgIpc) is 3.49. The molecule has 214 valence electrons. The molecule has 2 atom stereocenters. The number of thioether (sulfide) groups is 1. The zero-order chi connectivity index (χ0) is 29.5. The fourth-order valence-corrected chi connectivity index (χ4v) is 12.6. The van der Waals surface area contributed by atoms with E-state index in [0.717, 1.165) is 11.4 Å². The molecule has 0 amide bonds. The summed E-state index contributed by atoms with van der Waals surface area (Å²) in [6.07, 6.45) is 3.74. The molecule has 0 spiro atoms. The molecule has 0 radical (unpaired) electrons.